The van der Waals surface area contributed by atoms with Crippen LogP contribution in [0.3, 0.4) is 0 Å². The van der Waals surface area contributed by atoms with Gasteiger partial charge in [-0.05, 0) is 12.1 Å². The average molecular weight is 270 g/mol. The maximum absolute atomic E-state index is 13.9. The van der Waals surface area contributed by atoms with Crippen molar-refractivity contribution in [2.45, 2.75) is 0 Å². The van der Waals surface area contributed by atoms with Crippen molar-refractivity contribution in [3.05, 3.63) is 58.6 Å². The van der Waals surface area contributed by atoms with Crippen molar-refractivity contribution in [1.82, 2.24) is 15.2 Å². The molecule has 2 heterocycles. The Morgan fingerprint density at radius 3 is 2.65 bits per heavy atom. The molecule has 5 nitrogen and oxygen atoms in total. The summed E-state index contributed by atoms with van der Waals surface area (Å²) in [6.07, 6.45) is 0. The summed E-state index contributed by atoms with van der Waals surface area (Å²) in [6, 6.07) is 11.0. The molecular formula is C14H11FN4O. The molecule has 1 aromatic carbocycles. The first kappa shape index (κ1) is 12.2. The summed E-state index contributed by atoms with van der Waals surface area (Å²) in [4.78, 5) is 14.1. The summed E-state index contributed by atoms with van der Waals surface area (Å²) in [6.45, 7) is 0. The van der Waals surface area contributed by atoms with Crippen LogP contribution in [0.25, 0.3) is 22.5 Å². The highest BCUT2D eigenvalue weighted by atomic mass is 19.1. The van der Waals surface area contributed by atoms with Crippen LogP contribution in [-0.4, -0.2) is 15.2 Å². The van der Waals surface area contributed by atoms with E-state index in [9.17, 15) is 9.18 Å². The third-order valence-electron chi connectivity index (χ3n) is 2.98. The van der Waals surface area contributed by atoms with E-state index in [1.54, 1.807) is 30.3 Å². The van der Waals surface area contributed by atoms with E-state index < -0.39 is 5.82 Å². The van der Waals surface area contributed by atoms with Gasteiger partial charge in [0.2, 0.25) is 5.56 Å². The van der Waals surface area contributed by atoms with Gasteiger partial charge in [0.15, 0.2) is 5.82 Å². The van der Waals surface area contributed by atoms with Gasteiger partial charge in [0.25, 0.3) is 0 Å². The zero-order valence-electron chi connectivity index (χ0n) is 10.4. The first-order valence-electron chi connectivity index (χ1n) is 5.95. The Morgan fingerprint density at radius 2 is 1.90 bits per heavy atom. The monoisotopic (exact) mass is 270 g/mol. The molecule has 0 unspecified atom stereocenters. The Bertz CT molecular complexity index is 822. The molecule has 0 aliphatic rings. The van der Waals surface area contributed by atoms with Crippen LogP contribution in [0.1, 0.15) is 0 Å². The molecule has 4 N–H and O–H groups in total. The molecule has 0 fully saturated rings. The second kappa shape index (κ2) is 4.65. The number of nitrogens with zero attached hydrogens (tertiary/aromatic N) is 1. The maximum Gasteiger partial charge on any atom is 0.248 e. The molecule has 2 aromatic heterocycles. The molecule has 0 amide bonds. The molecule has 100 valence electrons. The number of nitrogens with two attached hydrogens (primary N) is 1. The van der Waals surface area contributed by atoms with Crippen LogP contribution in [0.15, 0.2) is 47.3 Å². The van der Waals surface area contributed by atoms with Crippen molar-refractivity contribution in [2.75, 3.05) is 5.73 Å². The zero-order chi connectivity index (χ0) is 14.1. The number of aromatic amines is 2. The van der Waals surface area contributed by atoms with Gasteiger partial charge in [-0.15, -0.1) is 0 Å². The number of halogens is 1. The Kier molecular flexibility index (Phi) is 2.83. The number of benzene rings is 1. The molecule has 3 aromatic rings. The molecule has 0 saturated heterocycles. The normalized spacial score (nSPS) is 10.7. The Morgan fingerprint density at radius 1 is 1.10 bits per heavy atom. The molecule has 0 saturated carbocycles. The van der Waals surface area contributed by atoms with E-state index in [-0.39, 0.29) is 11.4 Å². The quantitative estimate of drug-likeness (QED) is 0.666. The Balaban J connectivity index is 2.26. The van der Waals surface area contributed by atoms with Gasteiger partial charge in [-0.1, -0.05) is 24.3 Å². The SMILES string of the molecule is Nc1n[nH]c(-c2cccc(=O)[nH]2)c1-c1ccccc1F. The molecule has 0 aliphatic heterocycles. The number of nitrogens with one attached hydrogen (secondary N) is 2. The van der Waals surface area contributed by atoms with E-state index in [1.165, 1.54) is 12.1 Å². The summed E-state index contributed by atoms with van der Waals surface area (Å²) in [5.41, 5.74) is 7.31. The van der Waals surface area contributed by atoms with Gasteiger partial charge >= 0.3 is 0 Å². The predicted molar refractivity (Wildman–Crippen MR) is 74.5 cm³/mol. The summed E-state index contributed by atoms with van der Waals surface area (Å²) < 4.78 is 13.9. The van der Waals surface area contributed by atoms with Crippen LogP contribution in [0, 0.1) is 5.82 Å². The average Bonchev–Trinajstić information content (AvgIpc) is 2.81. The van der Waals surface area contributed by atoms with Gasteiger partial charge in [0.05, 0.1) is 17.0 Å². The van der Waals surface area contributed by atoms with E-state index in [1.807, 2.05) is 0 Å². The highest BCUT2D eigenvalue weighted by Gasteiger charge is 2.17. The number of nitrogen functional groups attached to an aromatic ring is 1. The number of anilines is 1. The second-order valence-electron chi connectivity index (χ2n) is 4.27. The number of aromatic nitrogens is 3. The lowest BCUT2D eigenvalue weighted by Crippen LogP contribution is -2.04. The lowest BCUT2D eigenvalue weighted by atomic mass is 10.0. The molecule has 0 bridgehead atoms. The summed E-state index contributed by atoms with van der Waals surface area (Å²) in [5.74, 6) is -0.227. The fourth-order valence-corrected chi connectivity index (χ4v) is 2.08. The van der Waals surface area contributed by atoms with Crippen molar-refractivity contribution in [1.29, 1.82) is 0 Å². The van der Waals surface area contributed by atoms with Crippen LogP contribution in [0.4, 0.5) is 10.2 Å². The van der Waals surface area contributed by atoms with Gasteiger partial charge in [0.1, 0.15) is 5.82 Å². The Labute approximate surface area is 113 Å². The number of hydrogen-bond donors (Lipinski definition) is 3. The zero-order valence-corrected chi connectivity index (χ0v) is 10.4. The fraction of sp³-hybridized carbons (Fsp3) is 0. The Hall–Kier alpha value is -2.89. The minimum Gasteiger partial charge on any atom is -0.382 e. The minimum atomic E-state index is -0.403. The largest absolute Gasteiger partial charge is 0.382 e. The molecule has 20 heavy (non-hydrogen) atoms. The highest BCUT2D eigenvalue weighted by Crippen LogP contribution is 2.34. The van der Waals surface area contributed by atoms with Crippen LogP contribution < -0.4 is 11.3 Å². The third-order valence-corrected chi connectivity index (χ3v) is 2.98. The van der Waals surface area contributed by atoms with Crippen LogP contribution in [0.5, 0.6) is 0 Å². The van der Waals surface area contributed by atoms with Crippen LogP contribution in [-0.2, 0) is 0 Å². The van der Waals surface area contributed by atoms with Gasteiger partial charge in [-0.2, -0.15) is 5.10 Å². The van der Waals surface area contributed by atoms with E-state index >= 15 is 0 Å². The van der Waals surface area contributed by atoms with Crippen molar-refractivity contribution in [3.8, 4) is 22.5 Å². The predicted octanol–water partition coefficient (Wildman–Crippen LogP) is 2.15. The summed E-state index contributed by atoms with van der Waals surface area (Å²) in [5, 5.41) is 6.64. The van der Waals surface area contributed by atoms with Gasteiger partial charge in [-0.25, -0.2) is 4.39 Å². The number of pyridine rings is 1. The molecule has 6 heteroatoms. The van der Waals surface area contributed by atoms with E-state index in [0.29, 0.717) is 22.5 Å². The van der Waals surface area contributed by atoms with Gasteiger partial charge < -0.3 is 10.7 Å². The molecule has 0 aliphatic carbocycles. The molecule has 3 rings (SSSR count). The fourth-order valence-electron chi connectivity index (χ4n) is 2.08. The lowest BCUT2D eigenvalue weighted by molar-refractivity contribution is 0.631. The van der Waals surface area contributed by atoms with Crippen molar-refractivity contribution in [2.24, 2.45) is 0 Å². The highest BCUT2D eigenvalue weighted by molar-refractivity contribution is 5.86. The number of H-pyrrole nitrogens is 2. The van der Waals surface area contributed by atoms with Crippen molar-refractivity contribution < 1.29 is 4.39 Å². The van der Waals surface area contributed by atoms with Crippen LogP contribution in [0.2, 0.25) is 0 Å². The maximum atomic E-state index is 13.9. The van der Waals surface area contributed by atoms with Gasteiger partial charge in [-0.3, -0.25) is 9.89 Å². The van der Waals surface area contributed by atoms with Crippen molar-refractivity contribution >= 4 is 5.82 Å². The first-order chi connectivity index (χ1) is 9.66. The summed E-state index contributed by atoms with van der Waals surface area (Å²) in [7, 11) is 0. The van der Waals surface area contributed by atoms with E-state index in [0.717, 1.165) is 0 Å². The topological polar surface area (TPSA) is 87.6 Å². The van der Waals surface area contributed by atoms with E-state index in [2.05, 4.69) is 15.2 Å². The lowest BCUT2D eigenvalue weighted by Gasteiger charge is -2.05. The minimum absolute atomic E-state index is 0.176. The van der Waals surface area contributed by atoms with Crippen molar-refractivity contribution in [3.63, 3.8) is 0 Å². The molecular weight excluding hydrogens is 259 g/mol. The third kappa shape index (κ3) is 1.97. The van der Waals surface area contributed by atoms with E-state index in [4.69, 9.17) is 5.73 Å². The van der Waals surface area contributed by atoms with Gasteiger partial charge in [0, 0.05) is 11.6 Å². The smallest absolute Gasteiger partial charge is 0.248 e. The molecule has 0 spiro atoms. The first-order valence-corrected chi connectivity index (χ1v) is 5.95. The number of hydrogen-bond acceptors (Lipinski definition) is 3. The molecule has 0 atom stereocenters. The number of rotatable bonds is 2. The second-order valence-corrected chi connectivity index (χ2v) is 4.27. The standard InChI is InChI=1S/C14H11FN4O/c15-9-5-2-1-4-8(9)12-13(18-19-14(12)16)10-6-3-7-11(20)17-10/h1-7H,(H,17,20)(H3,16,18,19). The van der Waals surface area contributed by atoms with Crippen LogP contribution >= 0.6 is 0 Å². The molecule has 0 radical (unpaired) electrons. The summed E-state index contributed by atoms with van der Waals surface area (Å²) >= 11 is 0.